The lowest BCUT2D eigenvalue weighted by Gasteiger charge is -2.47. The van der Waals surface area contributed by atoms with Crippen molar-refractivity contribution in [3.8, 4) is 0 Å². The number of amides is 1. The van der Waals surface area contributed by atoms with Crippen molar-refractivity contribution in [1.82, 2.24) is 10.2 Å². The van der Waals surface area contributed by atoms with Gasteiger partial charge >= 0.3 is 0 Å². The first-order chi connectivity index (χ1) is 11.5. The molecule has 2 bridgehead atoms. The Balaban J connectivity index is 1.36. The highest BCUT2D eigenvalue weighted by Crippen LogP contribution is 2.48. The van der Waals surface area contributed by atoms with Gasteiger partial charge in [0.15, 0.2) is 0 Å². The molecule has 2 aliphatic heterocycles. The smallest absolute Gasteiger partial charge is 0.223 e. The van der Waals surface area contributed by atoms with E-state index < -0.39 is 11.6 Å². The molecule has 24 heavy (non-hydrogen) atoms. The first-order valence-electron chi connectivity index (χ1n) is 9.00. The van der Waals surface area contributed by atoms with E-state index in [4.69, 9.17) is 0 Å². The number of benzene rings is 1. The molecular weight excluding hydrogens is 310 g/mol. The molecule has 1 aliphatic carbocycles. The summed E-state index contributed by atoms with van der Waals surface area (Å²) in [5.74, 6) is -1.34. The monoisotopic (exact) mass is 334 g/mol. The molecule has 2 saturated heterocycles. The molecule has 5 heteroatoms. The predicted octanol–water partition coefficient (Wildman–Crippen LogP) is 3.20. The number of hydrogen-bond donors (Lipinski definition) is 1. The summed E-state index contributed by atoms with van der Waals surface area (Å²) < 4.78 is 26.9. The molecule has 0 radical (unpaired) electrons. The number of piperidine rings is 2. The Hall–Kier alpha value is -1.49. The van der Waals surface area contributed by atoms with E-state index in [0.29, 0.717) is 24.1 Å². The Morgan fingerprint density at radius 2 is 1.88 bits per heavy atom. The number of carbonyl (C=O) groups is 1. The van der Waals surface area contributed by atoms with Gasteiger partial charge in [-0.1, -0.05) is 12.5 Å². The minimum atomic E-state index is -0.573. The summed E-state index contributed by atoms with van der Waals surface area (Å²) in [6, 6.07) is 5.04. The van der Waals surface area contributed by atoms with Crippen LogP contribution in [0.1, 0.15) is 50.0 Å². The lowest BCUT2D eigenvalue weighted by Crippen LogP contribution is -2.55. The molecule has 130 valence electrons. The molecule has 0 unspecified atom stereocenters. The van der Waals surface area contributed by atoms with Crippen molar-refractivity contribution >= 4 is 5.91 Å². The fraction of sp³-hybridized carbons (Fsp3) is 0.632. The molecule has 1 saturated carbocycles. The standard InChI is InChI=1S/C19H24F2N2O/c1-23-13-3-2-4-14(23)9-12(8-13)22-19(24)17-10-16(17)15-6-5-11(20)7-18(15)21/h5-7,12-14,16-17H,2-4,8-10H2,1H3,(H,22,24)/t13-,14-,16+,17+/m0/s1. The summed E-state index contributed by atoms with van der Waals surface area (Å²) >= 11 is 0. The van der Waals surface area contributed by atoms with E-state index in [1.807, 2.05) is 0 Å². The number of rotatable bonds is 3. The van der Waals surface area contributed by atoms with Crippen molar-refractivity contribution < 1.29 is 13.6 Å². The Labute approximate surface area is 141 Å². The minimum Gasteiger partial charge on any atom is -0.353 e. The number of hydrogen-bond acceptors (Lipinski definition) is 2. The van der Waals surface area contributed by atoms with Crippen LogP contribution in [0.2, 0.25) is 0 Å². The van der Waals surface area contributed by atoms with Crippen molar-refractivity contribution in [2.24, 2.45) is 5.92 Å². The number of nitrogens with one attached hydrogen (secondary N) is 1. The van der Waals surface area contributed by atoms with Crippen LogP contribution in [0, 0.1) is 17.6 Å². The van der Waals surface area contributed by atoms with Gasteiger partial charge in [-0.15, -0.1) is 0 Å². The molecule has 2 heterocycles. The van der Waals surface area contributed by atoms with Crippen LogP contribution in [0.25, 0.3) is 0 Å². The average Bonchev–Trinajstić information content (AvgIpc) is 3.28. The second-order valence-corrected chi connectivity index (χ2v) is 7.70. The van der Waals surface area contributed by atoms with Crippen LogP contribution in [0.4, 0.5) is 8.78 Å². The van der Waals surface area contributed by atoms with Gasteiger partial charge in [0, 0.05) is 30.1 Å². The van der Waals surface area contributed by atoms with Crippen molar-refractivity contribution in [1.29, 1.82) is 0 Å². The summed E-state index contributed by atoms with van der Waals surface area (Å²) in [7, 11) is 2.20. The lowest BCUT2D eigenvalue weighted by molar-refractivity contribution is -0.123. The number of carbonyl (C=O) groups excluding carboxylic acids is 1. The fourth-order valence-corrected chi connectivity index (χ4v) is 4.67. The van der Waals surface area contributed by atoms with E-state index in [0.717, 1.165) is 18.9 Å². The van der Waals surface area contributed by atoms with Gasteiger partial charge in [-0.3, -0.25) is 4.79 Å². The van der Waals surface area contributed by atoms with Gasteiger partial charge in [0.25, 0.3) is 0 Å². The Morgan fingerprint density at radius 3 is 2.54 bits per heavy atom. The molecule has 1 aromatic rings. The number of fused-ring (bicyclic) bond motifs is 2. The highest BCUT2D eigenvalue weighted by molar-refractivity contribution is 5.83. The maximum absolute atomic E-state index is 13.9. The van der Waals surface area contributed by atoms with E-state index in [-0.39, 0.29) is 23.8 Å². The van der Waals surface area contributed by atoms with Gasteiger partial charge in [0.2, 0.25) is 5.91 Å². The maximum atomic E-state index is 13.9. The van der Waals surface area contributed by atoms with Crippen LogP contribution in [0.15, 0.2) is 18.2 Å². The summed E-state index contributed by atoms with van der Waals surface area (Å²) in [4.78, 5) is 15.0. The molecule has 1 N–H and O–H groups in total. The SMILES string of the molecule is CN1[C@H]2CCC[C@H]1CC(NC(=O)[C@@H]1C[C@@H]1c1ccc(F)cc1F)C2. The third-order valence-electron chi connectivity index (χ3n) is 6.18. The van der Waals surface area contributed by atoms with E-state index in [2.05, 4.69) is 17.3 Å². The summed E-state index contributed by atoms with van der Waals surface area (Å²) in [6.07, 6.45) is 6.41. The molecule has 1 amide bonds. The predicted molar refractivity (Wildman–Crippen MR) is 87.6 cm³/mol. The molecule has 4 rings (SSSR count). The third-order valence-corrected chi connectivity index (χ3v) is 6.18. The Kier molecular flexibility index (Phi) is 4.07. The molecule has 0 spiro atoms. The fourth-order valence-electron chi connectivity index (χ4n) is 4.67. The van der Waals surface area contributed by atoms with Crippen molar-refractivity contribution in [2.75, 3.05) is 7.05 Å². The van der Waals surface area contributed by atoms with Crippen LogP contribution in [0.3, 0.4) is 0 Å². The highest BCUT2D eigenvalue weighted by Gasteiger charge is 2.46. The highest BCUT2D eigenvalue weighted by atomic mass is 19.1. The first-order valence-corrected chi connectivity index (χ1v) is 9.00. The van der Waals surface area contributed by atoms with Crippen LogP contribution < -0.4 is 5.32 Å². The van der Waals surface area contributed by atoms with Crippen LogP contribution in [-0.2, 0) is 4.79 Å². The molecule has 4 atom stereocenters. The number of nitrogens with zero attached hydrogens (tertiary/aromatic N) is 1. The molecule has 3 fully saturated rings. The second kappa shape index (κ2) is 6.10. The lowest BCUT2D eigenvalue weighted by atomic mass is 9.82. The molecule has 1 aromatic carbocycles. The van der Waals surface area contributed by atoms with E-state index in [9.17, 15) is 13.6 Å². The molecule has 0 aromatic heterocycles. The summed E-state index contributed by atoms with van der Waals surface area (Å²) in [5, 5.41) is 3.20. The quantitative estimate of drug-likeness (QED) is 0.921. The van der Waals surface area contributed by atoms with E-state index >= 15 is 0 Å². The van der Waals surface area contributed by atoms with Crippen molar-refractivity contribution in [3.05, 3.63) is 35.4 Å². The normalized spacial score (nSPS) is 35.5. The number of halogens is 2. The van der Waals surface area contributed by atoms with E-state index in [1.54, 1.807) is 0 Å². The van der Waals surface area contributed by atoms with Gasteiger partial charge in [0.05, 0.1) is 0 Å². The van der Waals surface area contributed by atoms with Gasteiger partial charge < -0.3 is 10.2 Å². The summed E-state index contributed by atoms with van der Waals surface area (Å²) in [6.45, 7) is 0. The molecular formula is C19H24F2N2O. The third kappa shape index (κ3) is 2.94. The summed E-state index contributed by atoms with van der Waals surface area (Å²) in [5.41, 5.74) is 0.469. The zero-order valence-electron chi connectivity index (χ0n) is 14.0. The van der Waals surface area contributed by atoms with Crippen LogP contribution >= 0.6 is 0 Å². The minimum absolute atomic E-state index is 0.0383. The van der Waals surface area contributed by atoms with Crippen LogP contribution in [0.5, 0.6) is 0 Å². The zero-order valence-corrected chi connectivity index (χ0v) is 14.0. The van der Waals surface area contributed by atoms with Crippen molar-refractivity contribution in [3.63, 3.8) is 0 Å². The topological polar surface area (TPSA) is 32.3 Å². The Morgan fingerprint density at radius 1 is 1.17 bits per heavy atom. The Bertz CT molecular complexity index is 636. The molecule has 3 nitrogen and oxygen atoms in total. The van der Waals surface area contributed by atoms with Crippen LogP contribution in [-0.4, -0.2) is 36.0 Å². The van der Waals surface area contributed by atoms with Gasteiger partial charge in [0.1, 0.15) is 11.6 Å². The first kappa shape index (κ1) is 16.0. The molecule has 3 aliphatic rings. The van der Waals surface area contributed by atoms with Crippen molar-refractivity contribution in [2.45, 2.75) is 62.6 Å². The van der Waals surface area contributed by atoms with Gasteiger partial charge in [-0.05, 0) is 56.7 Å². The van der Waals surface area contributed by atoms with Gasteiger partial charge in [-0.25, -0.2) is 8.78 Å². The largest absolute Gasteiger partial charge is 0.353 e. The average molecular weight is 334 g/mol. The van der Waals surface area contributed by atoms with E-state index in [1.165, 1.54) is 31.4 Å². The zero-order chi connectivity index (χ0) is 16.8. The van der Waals surface area contributed by atoms with Gasteiger partial charge in [-0.2, -0.15) is 0 Å². The maximum Gasteiger partial charge on any atom is 0.223 e. The second-order valence-electron chi connectivity index (χ2n) is 7.70.